The Balaban J connectivity index is 2.25. The molecule has 1 atom stereocenters. The lowest BCUT2D eigenvalue weighted by Gasteiger charge is -2.19. The van der Waals surface area contributed by atoms with Gasteiger partial charge in [-0.25, -0.2) is 0 Å². The first-order chi connectivity index (χ1) is 11.1. The summed E-state index contributed by atoms with van der Waals surface area (Å²) >= 11 is 1.56. The fourth-order valence-corrected chi connectivity index (χ4v) is 2.49. The van der Waals surface area contributed by atoms with Gasteiger partial charge >= 0.3 is 0 Å². The van der Waals surface area contributed by atoms with Crippen molar-refractivity contribution in [2.75, 3.05) is 32.9 Å². The van der Waals surface area contributed by atoms with Crippen molar-refractivity contribution in [3.05, 3.63) is 29.8 Å². The zero-order valence-corrected chi connectivity index (χ0v) is 14.7. The first-order valence-corrected chi connectivity index (χ1v) is 8.29. The molecule has 0 fully saturated rings. The summed E-state index contributed by atoms with van der Waals surface area (Å²) in [6, 6.07) is 7.68. The molecule has 0 aliphatic heterocycles. The highest BCUT2D eigenvalue weighted by molar-refractivity contribution is 7.98. The highest BCUT2D eigenvalue weighted by Gasteiger charge is 2.16. The van der Waals surface area contributed by atoms with Gasteiger partial charge in [0.1, 0.15) is 10.8 Å². The van der Waals surface area contributed by atoms with Crippen molar-refractivity contribution in [1.82, 2.24) is 10.2 Å². The molecule has 1 N–H and O–H groups in total. The number of methoxy groups -OCH3 is 3. The number of thioether (sulfide) groups is 1. The maximum absolute atomic E-state index is 5.39. The predicted molar refractivity (Wildman–Crippen MR) is 91.9 cm³/mol. The molecular weight excluding hydrogens is 314 g/mol. The van der Waals surface area contributed by atoms with E-state index < -0.39 is 0 Å². The van der Waals surface area contributed by atoms with Gasteiger partial charge in [0.05, 0.1) is 27.4 Å². The van der Waals surface area contributed by atoms with Crippen LogP contribution >= 0.6 is 11.8 Å². The number of benzene rings is 1. The molecule has 2 rings (SSSR count). The molecule has 6 nitrogen and oxygen atoms in total. The van der Waals surface area contributed by atoms with Crippen molar-refractivity contribution in [1.29, 1.82) is 0 Å². The van der Waals surface area contributed by atoms with Gasteiger partial charge < -0.3 is 19.5 Å². The van der Waals surface area contributed by atoms with Crippen molar-refractivity contribution < 1.29 is 14.2 Å². The van der Waals surface area contributed by atoms with Crippen LogP contribution in [0.2, 0.25) is 0 Å². The normalized spacial score (nSPS) is 11.7. The van der Waals surface area contributed by atoms with Crippen LogP contribution in [0.25, 0.3) is 0 Å². The van der Waals surface area contributed by atoms with Crippen LogP contribution in [0.5, 0.6) is 17.2 Å². The lowest BCUT2D eigenvalue weighted by molar-refractivity contribution is 0.323. The average molecular weight is 335 g/mol. The Bertz CT molecular complexity index is 625. The maximum Gasteiger partial charge on any atom is 0.203 e. The summed E-state index contributed by atoms with van der Waals surface area (Å²) in [6.45, 7) is 2.03. The Morgan fingerprint density at radius 3 is 2.09 bits per heavy atom. The van der Waals surface area contributed by atoms with E-state index in [0.29, 0.717) is 23.1 Å². The molecule has 1 heterocycles. The van der Waals surface area contributed by atoms with Crippen LogP contribution < -0.4 is 19.5 Å². The molecule has 0 amide bonds. The summed E-state index contributed by atoms with van der Waals surface area (Å²) in [5.41, 5.74) is 0.996. The van der Waals surface area contributed by atoms with Gasteiger partial charge in [-0.1, -0.05) is 0 Å². The molecule has 0 saturated carbocycles. The molecule has 0 aliphatic carbocycles. The van der Waals surface area contributed by atoms with E-state index in [1.165, 1.54) is 0 Å². The van der Waals surface area contributed by atoms with Gasteiger partial charge in [-0.15, -0.1) is 22.0 Å². The quantitative estimate of drug-likeness (QED) is 0.778. The summed E-state index contributed by atoms with van der Waals surface area (Å²) < 4.78 is 16.1. The molecule has 0 radical (unpaired) electrons. The van der Waals surface area contributed by atoms with E-state index in [1.54, 1.807) is 33.1 Å². The first-order valence-electron chi connectivity index (χ1n) is 7.07. The number of nitrogens with zero attached hydrogens (tertiary/aromatic N) is 2. The van der Waals surface area contributed by atoms with Crippen LogP contribution in [-0.4, -0.2) is 37.8 Å². The fraction of sp³-hybridized carbons (Fsp3) is 0.375. The topological polar surface area (TPSA) is 65.5 Å². The molecule has 1 aromatic heterocycles. The van der Waals surface area contributed by atoms with Crippen LogP contribution in [0.3, 0.4) is 0 Å². The number of rotatable bonds is 7. The second kappa shape index (κ2) is 7.92. The Hall–Kier alpha value is -2.15. The van der Waals surface area contributed by atoms with Crippen LogP contribution in [0, 0.1) is 0 Å². The van der Waals surface area contributed by atoms with Crippen molar-refractivity contribution in [2.24, 2.45) is 0 Å². The molecule has 0 spiro atoms. The largest absolute Gasteiger partial charge is 0.493 e. The summed E-state index contributed by atoms with van der Waals surface area (Å²) in [6.07, 6.45) is 1.97. The zero-order valence-electron chi connectivity index (χ0n) is 13.9. The van der Waals surface area contributed by atoms with Crippen molar-refractivity contribution in [3.63, 3.8) is 0 Å². The number of aromatic nitrogens is 2. The summed E-state index contributed by atoms with van der Waals surface area (Å²) in [5.74, 6) is 2.54. The van der Waals surface area contributed by atoms with Crippen molar-refractivity contribution >= 4 is 17.6 Å². The molecule has 2 aromatic rings. The molecule has 7 heteroatoms. The third-order valence-corrected chi connectivity index (χ3v) is 4.04. The van der Waals surface area contributed by atoms with Gasteiger partial charge in [0, 0.05) is 0 Å². The van der Waals surface area contributed by atoms with E-state index in [2.05, 4.69) is 15.5 Å². The monoisotopic (exact) mass is 335 g/mol. The van der Waals surface area contributed by atoms with Crippen LogP contribution in [-0.2, 0) is 0 Å². The fourth-order valence-electron chi connectivity index (χ4n) is 2.16. The lowest BCUT2D eigenvalue weighted by atomic mass is 10.1. The van der Waals surface area contributed by atoms with E-state index in [9.17, 15) is 0 Å². The number of ether oxygens (including phenoxy) is 3. The Morgan fingerprint density at radius 1 is 1.00 bits per heavy atom. The van der Waals surface area contributed by atoms with E-state index in [0.717, 1.165) is 10.6 Å². The molecule has 0 bridgehead atoms. The van der Waals surface area contributed by atoms with E-state index in [-0.39, 0.29) is 6.04 Å². The molecule has 0 saturated heterocycles. The van der Waals surface area contributed by atoms with Gasteiger partial charge in [-0.05, 0) is 43.0 Å². The third-order valence-electron chi connectivity index (χ3n) is 3.40. The second-order valence-corrected chi connectivity index (χ2v) is 5.61. The lowest BCUT2D eigenvalue weighted by Crippen LogP contribution is -2.09. The average Bonchev–Trinajstić information content (AvgIpc) is 2.60. The molecule has 1 aromatic carbocycles. The third kappa shape index (κ3) is 3.98. The van der Waals surface area contributed by atoms with Crippen LogP contribution in [0.4, 0.5) is 5.82 Å². The Morgan fingerprint density at radius 2 is 1.65 bits per heavy atom. The number of hydrogen-bond donors (Lipinski definition) is 1. The number of hydrogen-bond acceptors (Lipinski definition) is 7. The highest BCUT2D eigenvalue weighted by atomic mass is 32.2. The smallest absolute Gasteiger partial charge is 0.203 e. The maximum atomic E-state index is 5.39. The molecule has 0 aliphatic rings. The summed E-state index contributed by atoms with van der Waals surface area (Å²) in [7, 11) is 4.79. The SMILES string of the molecule is COc1cc([C@@H](C)Nc2ccc(SC)nn2)cc(OC)c1OC. The Labute approximate surface area is 140 Å². The van der Waals surface area contributed by atoms with Crippen molar-refractivity contribution in [3.8, 4) is 17.2 Å². The van der Waals surface area contributed by atoms with E-state index >= 15 is 0 Å². The van der Waals surface area contributed by atoms with Gasteiger partial charge in [0.25, 0.3) is 0 Å². The van der Waals surface area contributed by atoms with Gasteiger partial charge in [-0.2, -0.15) is 0 Å². The van der Waals surface area contributed by atoms with E-state index in [4.69, 9.17) is 14.2 Å². The molecule has 0 unspecified atom stereocenters. The van der Waals surface area contributed by atoms with Crippen molar-refractivity contribution in [2.45, 2.75) is 18.0 Å². The highest BCUT2D eigenvalue weighted by Crippen LogP contribution is 2.40. The van der Waals surface area contributed by atoms with Crippen LogP contribution in [0.1, 0.15) is 18.5 Å². The minimum absolute atomic E-state index is 0.00173. The minimum atomic E-state index is -0.00173. The minimum Gasteiger partial charge on any atom is -0.493 e. The van der Waals surface area contributed by atoms with Crippen LogP contribution in [0.15, 0.2) is 29.3 Å². The number of anilines is 1. The molecule has 124 valence electrons. The van der Waals surface area contributed by atoms with E-state index in [1.807, 2.05) is 37.4 Å². The second-order valence-electron chi connectivity index (χ2n) is 4.79. The summed E-state index contributed by atoms with van der Waals surface area (Å²) in [4.78, 5) is 0. The number of nitrogens with one attached hydrogen (secondary N) is 1. The molecular formula is C16H21N3O3S. The molecule has 23 heavy (non-hydrogen) atoms. The summed E-state index contributed by atoms with van der Waals surface area (Å²) in [5, 5.41) is 12.5. The van der Waals surface area contributed by atoms with Gasteiger partial charge in [0.15, 0.2) is 11.5 Å². The Kier molecular flexibility index (Phi) is 5.92. The first kappa shape index (κ1) is 17.2. The standard InChI is InChI=1S/C16H21N3O3S/c1-10(17-14-6-7-15(23-5)19-18-14)11-8-12(20-2)16(22-4)13(9-11)21-3/h6-10H,1-5H3,(H,17,18)/t10-/m1/s1. The predicted octanol–water partition coefficient (Wildman–Crippen LogP) is 3.40. The zero-order chi connectivity index (χ0) is 16.8. The van der Waals surface area contributed by atoms with Gasteiger partial charge in [-0.3, -0.25) is 0 Å². The van der Waals surface area contributed by atoms with Gasteiger partial charge in [0.2, 0.25) is 5.75 Å².